The van der Waals surface area contributed by atoms with Crippen LogP contribution >= 0.6 is 0 Å². The van der Waals surface area contributed by atoms with E-state index in [1.165, 1.54) is 0 Å². The van der Waals surface area contributed by atoms with Gasteiger partial charge >= 0.3 is 0 Å². The third-order valence-corrected chi connectivity index (χ3v) is 3.32. The smallest absolute Gasteiger partial charge is 0.182 e. The van der Waals surface area contributed by atoms with Gasteiger partial charge in [0.15, 0.2) is 11.6 Å². The van der Waals surface area contributed by atoms with Gasteiger partial charge in [-0.25, -0.2) is 4.98 Å². The fourth-order valence-electron chi connectivity index (χ4n) is 2.00. The summed E-state index contributed by atoms with van der Waals surface area (Å²) in [5.41, 5.74) is 8.81. The summed E-state index contributed by atoms with van der Waals surface area (Å²) in [6.07, 6.45) is 1.60. The minimum Gasteiger partial charge on any atom is -0.326 e. The Morgan fingerprint density at radius 2 is 1.84 bits per heavy atom. The molecular formula is C13H20N6. The van der Waals surface area contributed by atoms with Gasteiger partial charge in [0.2, 0.25) is 0 Å². The molecule has 2 aromatic rings. The zero-order valence-corrected chi connectivity index (χ0v) is 11.9. The zero-order chi connectivity index (χ0) is 14.0. The Morgan fingerprint density at radius 3 is 2.42 bits per heavy atom. The number of rotatable bonds is 4. The van der Waals surface area contributed by atoms with Crippen LogP contribution in [0.5, 0.6) is 0 Å². The quantitative estimate of drug-likeness (QED) is 0.894. The number of nitrogens with zero attached hydrogens (tertiary/aromatic N) is 5. The van der Waals surface area contributed by atoms with E-state index in [2.05, 4.69) is 27.2 Å². The summed E-state index contributed by atoms with van der Waals surface area (Å²) in [5, 5.41) is 12.9. The van der Waals surface area contributed by atoms with Crippen molar-refractivity contribution in [3.63, 3.8) is 0 Å². The van der Waals surface area contributed by atoms with Gasteiger partial charge in [0.05, 0.1) is 5.69 Å². The molecule has 0 amide bonds. The van der Waals surface area contributed by atoms with E-state index >= 15 is 0 Å². The fourth-order valence-corrected chi connectivity index (χ4v) is 2.00. The standard InChI is InChI=1S/C13H20N6/c1-5-11-15-12(6-2)19(18-11)13-10(7-14)8(3)9(4)16-17-13/h5-7,14H2,1-4H3. The molecule has 6 heteroatoms. The molecule has 0 spiro atoms. The van der Waals surface area contributed by atoms with E-state index < -0.39 is 0 Å². The van der Waals surface area contributed by atoms with Crippen LogP contribution in [0.1, 0.15) is 42.3 Å². The summed E-state index contributed by atoms with van der Waals surface area (Å²) < 4.78 is 1.78. The highest BCUT2D eigenvalue weighted by molar-refractivity contribution is 5.40. The predicted molar refractivity (Wildman–Crippen MR) is 73.1 cm³/mol. The molecule has 0 atom stereocenters. The predicted octanol–water partition coefficient (Wildman–Crippen LogP) is 1.26. The van der Waals surface area contributed by atoms with Crippen molar-refractivity contribution < 1.29 is 0 Å². The number of hydrogen-bond donors (Lipinski definition) is 1. The van der Waals surface area contributed by atoms with Crippen LogP contribution in [-0.4, -0.2) is 25.0 Å². The summed E-state index contributed by atoms with van der Waals surface area (Å²) in [5.74, 6) is 2.42. The molecule has 2 N–H and O–H groups in total. The van der Waals surface area contributed by atoms with Crippen LogP contribution in [0.4, 0.5) is 0 Å². The molecule has 0 aliphatic rings. The molecule has 0 aliphatic carbocycles. The van der Waals surface area contributed by atoms with Crippen molar-refractivity contribution in [3.05, 3.63) is 28.5 Å². The van der Waals surface area contributed by atoms with Gasteiger partial charge in [0.1, 0.15) is 5.82 Å². The van der Waals surface area contributed by atoms with Crippen LogP contribution in [0.15, 0.2) is 0 Å². The van der Waals surface area contributed by atoms with Crippen molar-refractivity contribution in [2.45, 2.75) is 47.1 Å². The summed E-state index contributed by atoms with van der Waals surface area (Å²) >= 11 is 0. The molecule has 2 aromatic heterocycles. The number of aromatic nitrogens is 5. The van der Waals surface area contributed by atoms with Crippen molar-refractivity contribution in [2.75, 3.05) is 0 Å². The van der Waals surface area contributed by atoms with E-state index in [4.69, 9.17) is 5.73 Å². The molecule has 0 saturated carbocycles. The summed E-state index contributed by atoms with van der Waals surface area (Å²) in [6, 6.07) is 0. The van der Waals surface area contributed by atoms with Crippen LogP contribution in [0.25, 0.3) is 5.82 Å². The summed E-state index contributed by atoms with van der Waals surface area (Å²) in [7, 11) is 0. The minimum atomic E-state index is 0.419. The van der Waals surface area contributed by atoms with Gasteiger partial charge in [-0.05, 0) is 19.4 Å². The van der Waals surface area contributed by atoms with Gasteiger partial charge in [-0.2, -0.15) is 9.78 Å². The Hall–Kier alpha value is -1.82. The maximum absolute atomic E-state index is 5.86. The lowest BCUT2D eigenvalue weighted by molar-refractivity contribution is 0.728. The Kier molecular flexibility index (Phi) is 3.90. The number of hydrogen-bond acceptors (Lipinski definition) is 5. The van der Waals surface area contributed by atoms with Gasteiger partial charge < -0.3 is 5.73 Å². The van der Waals surface area contributed by atoms with Crippen LogP contribution < -0.4 is 5.73 Å². The van der Waals surface area contributed by atoms with E-state index in [0.717, 1.165) is 41.3 Å². The molecule has 0 bridgehead atoms. The lowest BCUT2D eigenvalue weighted by Gasteiger charge is -2.11. The van der Waals surface area contributed by atoms with Crippen LogP contribution in [0.2, 0.25) is 0 Å². The van der Waals surface area contributed by atoms with Crippen molar-refractivity contribution in [1.29, 1.82) is 0 Å². The summed E-state index contributed by atoms with van der Waals surface area (Å²) in [6.45, 7) is 8.46. The van der Waals surface area contributed by atoms with Gasteiger partial charge in [-0.15, -0.1) is 10.2 Å². The van der Waals surface area contributed by atoms with E-state index in [9.17, 15) is 0 Å². The molecule has 0 aromatic carbocycles. The largest absolute Gasteiger partial charge is 0.326 e. The highest BCUT2D eigenvalue weighted by atomic mass is 15.4. The molecule has 0 aliphatic heterocycles. The van der Waals surface area contributed by atoms with Gasteiger partial charge in [-0.3, -0.25) is 0 Å². The first-order valence-corrected chi connectivity index (χ1v) is 6.60. The molecule has 0 saturated heterocycles. The lowest BCUT2D eigenvalue weighted by atomic mass is 10.1. The van der Waals surface area contributed by atoms with Crippen LogP contribution in [0, 0.1) is 13.8 Å². The highest BCUT2D eigenvalue weighted by Gasteiger charge is 2.16. The maximum Gasteiger partial charge on any atom is 0.182 e. The topological polar surface area (TPSA) is 82.5 Å². The van der Waals surface area contributed by atoms with E-state index in [1.807, 2.05) is 20.8 Å². The van der Waals surface area contributed by atoms with Crippen molar-refractivity contribution in [1.82, 2.24) is 25.0 Å². The van der Waals surface area contributed by atoms with Crippen molar-refractivity contribution in [2.24, 2.45) is 5.73 Å². The normalized spacial score (nSPS) is 11.0. The molecule has 6 nitrogen and oxygen atoms in total. The second-order valence-electron chi connectivity index (χ2n) is 4.48. The summed E-state index contributed by atoms with van der Waals surface area (Å²) in [4.78, 5) is 4.49. The third-order valence-electron chi connectivity index (χ3n) is 3.32. The first kappa shape index (κ1) is 13.6. The lowest BCUT2D eigenvalue weighted by Crippen LogP contribution is -2.14. The number of aryl methyl sites for hydroxylation is 3. The maximum atomic E-state index is 5.86. The Labute approximate surface area is 113 Å². The second-order valence-corrected chi connectivity index (χ2v) is 4.48. The van der Waals surface area contributed by atoms with E-state index in [-0.39, 0.29) is 0 Å². The van der Waals surface area contributed by atoms with E-state index in [1.54, 1.807) is 4.68 Å². The Bertz CT molecular complexity index is 587. The average molecular weight is 260 g/mol. The molecule has 102 valence electrons. The molecule has 2 rings (SSSR count). The Balaban J connectivity index is 2.64. The average Bonchev–Trinajstić information content (AvgIpc) is 2.84. The number of nitrogens with two attached hydrogens (primary N) is 1. The first-order chi connectivity index (χ1) is 9.12. The van der Waals surface area contributed by atoms with Gasteiger partial charge in [0, 0.05) is 24.9 Å². The third kappa shape index (κ3) is 2.35. The van der Waals surface area contributed by atoms with Crippen LogP contribution in [-0.2, 0) is 19.4 Å². The van der Waals surface area contributed by atoms with Crippen molar-refractivity contribution in [3.8, 4) is 5.82 Å². The zero-order valence-electron chi connectivity index (χ0n) is 11.9. The Morgan fingerprint density at radius 1 is 1.11 bits per heavy atom. The van der Waals surface area contributed by atoms with Gasteiger partial charge in [-0.1, -0.05) is 13.8 Å². The molecule has 2 heterocycles. The molecule has 19 heavy (non-hydrogen) atoms. The molecule has 0 unspecified atom stereocenters. The molecule has 0 fully saturated rings. The van der Waals surface area contributed by atoms with E-state index in [0.29, 0.717) is 12.4 Å². The second kappa shape index (κ2) is 5.44. The minimum absolute atomic E-state index is 0.419. The highest BCUT2D eigenvalue weighted by Crippen LogP contribution is 2.18. The fraction of sp³-hybridized carbons (Fsp3) is 0.538. The van der Waals surface area contributed by atoms with Crippen LogP contribution in [0.3, 0.4) is 0 Å². The molecule has 0 radical (unpaired) electrons. The van der Waals surface area contributed by atoms with Gasteiger partial charge in [0.25, 0.3) is 0 Å². The van der Waals surface area contributed by atoms with Crippen molar-refractivity contribution >= 4 is 0 Å². The SMILES string of the molecule is CCc1nc(CC)n(-c2nnc(C)c(C)c2CN)n1. The monoisotopic (exact) mass is 260 g/mol. The molecular weight excluding hydrogens is 240 g/mol. The first-order valence-electron chi connectivity index (χ1n) is 6.60.